The van der Waals surface area contributed by atoms with E-state index in [4.69, 9.17) is 0 Å². The van der Waals surface area contributed by atoms with Gasteiger partial charge in [-0.15, -0.1) is 0 Å². The molecule has 0 aromatic heterocycles. The van der Waals surface area contributed by atoms with Crippen LogP contribution in [-0.4, -0.2) is 29.8 Å². The topological polar surface area (TPSA) is 3.24 Å². The highest BCUT2D eigenvalue weighted by Gasteiger charge is 2.25. The first-order valence-electron chi connectivity index (χ1n) is 5.60. The Bertz CT molecular complexity index is 136. The van der Waals surface area contributed by atoms with Crippen LogP contribution in [0, 0.1) is 5.92 Å². The molecule has 1 saturated heterocycles. The lowest BCUT2D eigenvalue weighted by Gasteiger charge is -2.27. The molecule has 1 nitrogen and oxygen atoms in total. The molecule has 1 aliphatic heterocycles. The number of likely N-dealkylation sites (tertiary alicyclic amines) is 1. The summed E-state index contributed by atoms with van der Waals surface area (Å²) in [4.78, 5) is 2.67. The third kappa shape index (κ3) is 3.51. The highest BCUT2D eigenvalue weighted by atomic mass is 32.1. The fourth-order valence-corrected chi connectivity index (χ4v) is 2.53. The monoisotopic (exact) mass is 201 g/mol. The van der Waals surface area contributed by atoms with Crippen molar-refractivity contribution in [2.75, 3.05) is 18.8 Å². The number of thiol groups is 1. The summed E-state index contributed by atoms with van der Waals surface area (Å²) >= 11 is 4.24. The second kappa shape index (κ2) is 5.92. The van der Waals surface area contributed by atoms with Crippen molar-refractivity contribution in [2.24, 2.45) is 5.92 Å². The molecular formula is C11H23NS. The minimum atomic E-state index is 0.832. The van der Waals surface area contributed by atoms with Gasteiger partial charge in [0.15, 0.2) is 0 Å². The minimum Gasteiger partial charge on any atom is -0.300 e. The van der Waals surface area contributed by atoms with E-state index in [-0.39, 0.29) is 0 Å². The van der Waals surface area contributed by atoms with E-state index in [0.29, 0.717) is 0 Å². The first-order chi connectivity index (χ1) is 6.25. The number of hydrogen-bond donors (Lipinski definition) is 1. The zero-order valence-electron chi connectivity index (χ0n) is 9.00. The van der Waals surface area contributed by atoms with Gasteiger partial charge in [-0.1, -0.05) is 13.8 Å². The molecule has 0 bridgehead atoms. The zero-order valence-corrected chi connectivity index (χ0v) is 9.89. The van der Waals surface area contributed by atoms with Crippen LogP contribution >= 0.6 is 12.6 Å². The van der Waals surface area contributed by atoms with Crippen LogP contribution in [0.5, 0.6) is 0 Å². The first-order valence-corrected chi connectivity index (χ1v) is 6.24. The van der Waals surface area contributed by atoms with Gasteiger partial charge in [0.25, 0.3) is 0 Å². The molecule has 13 heavy (non-hydrogen) atoms. The third-order valence-corrected chi connectivity index (χ3v) is 3.35. The van der Waals surface area contributed by atoms with Crippen molar-refractivity contribution in [1.82, 2.24) is 4.90 Å². The van der Waals surface area contributed by atoms with Crippen LogP contribution in [0.25, 0.3) is 0 Å². The summed E-state index contributed by atoms with van der Waals surface area (Å²) in [5.74, 6) is 1.87. The Hall–Kier alpha value is 0.310. The van der Waals surface area contributed by atoms with E-state index in [1.54, 1.807) is 0 Å². The first kappa shape index (κ1) is 11.4. The second-order valence-electron chi connectivity index (χ2n) is 4.42. The number of unbranched alkanes of at least 4 members (excludes halogenated alkanes) is 1. The highest BCUT2D eigenvalue weighted by Crippen LogP contribution is 2.23. The predicted molar refractivity (Wildman–Crippen MR) is 62.5 cm³/mol. The normalized spacial score (nSPS) is 24.5. The van der Waals surface area contributed by atoms with Crippen molar-refractivity contribution >= 4 is 12.6 Å². The summed E-state index contributed by atoms with van der Waals surface area (Å²) in [7, 11) is 0. The van der Waals surface area contributed by atoms with Crippen molar-refractivity contribution in [3.8, 4) is 0 Å². The number of nitrogens with zero attached hydrogens (tertiary/aromatic N) is 1. The van der Waals surface area contributed by atoms with Crippen molar-refractivity contribution in [3.05, 3.63) is 0 Å². The maximum absolute atomic E-state index is 4.24. The van der Waals surface area contributed by atoms with Gasteiger partial charge in [0.1, 0.15) is 0 Å². The van der Waals surface area contributed by atoms with Gasteiger partial charge in [-0.3, -0.25) is 0 Å². The molecule has 1 heterocycles. The van der Waals surface area contributed by atoms with Gasteiger partial charge < -0.3 is 4.90 Å². The maximum atomic E-state index is 4.24. The lowest BCUT2D eigenvalue weighted by atomic mass is 10.0. The Labute approximate surface area is 88.3 Å². The molecule has 2 heteroatoms. The zero-order chi connectivity index (χ0) is 9.68. The molecule has 0 aromatic carbocycles. The molecular weight excluding hydrogens is 178 g/mol. The summed E-state index contributed by atoms with van der Waals surface area (Å²) in [6.07, 6.45) is 5.42. The van der Waals surface area contributed by atoms with E-state index in [2.05, 4.69) is 31.4 Å². The molecule has 0 N–H and O–H groups in total. The maximum Gasteiger partial charge on any atom is 0.0119 e. The van der Waals surface area contributed by atoms with E-state index in [1.807, 2.05) is 0 Å². The Morgan fingerprint density at radius 3 is 2.77 bits per heavy atom. The lowest BCUT2D eigenvalue weighted by Crippen LogP contribution is -2.34. The molecule has 1 fully saturated rings. The van der Waals surface area contributed by atoms with Gasteiger partial charge in [0.05, 0.1) is 0 Å². The summed E-state index contributed by atoms with van der Waals surface area (Å²) in [6.45, 7) is 7.32. The van der Waals surface area contributed by atoms with Crippen LogP contribution in [0.1, 0.15) is 39.5 Å². The summed E-state index contributed by atoms with van der Waals surface area (Å²) < 4.78 is 0. The summed E-state index contributed by atoms with van der Waals surface area (Å²) in [5.41, 5.74) is 0. The lowest BCUT2D eigenvalue weighted by molar-refractivity contribution is 0.204. The fourth-order valence-electron chi connectivity index (χ4n) is 2.31. The Kier molecular flexibility index (Phi) is 5.18. The molecule has 1 rings (SSSR count). The van der Waals surface area contributed by atoms with E-state index >= 15 is 0 Å². The smallest absolute Gasteiger partial charge is 0.0119 e. The van der Waals surface area contributed by atoms with Crippen LogP contribution in [0.4, 0.5) is 0 Å². The molecule has 1 unspecified atom stereocenters. The van der Waals surface area contributed by atoms with Gasteiger partial charge in [-0.2, -0.15) is 12.6 Å². The van der Waals surface area contributed by atoms with E-state index in [0.717, 1.165) is 17.7 Å². The highest BCUT2D eigenvalue weighted by molar-refractivity contribution is 7.80. The SMILES string of the molecule is CC(C)C1CCCN1CCCCS. The Morgan fingerprint density at radius 2 is 2.15 bits per heavy atom. The molecule has 0 radical (unpaired) electrons. The molecule has 1 atom stereocenters. The predicted octanol–water partition coefficient (Wildman–Crippen LogP) is 2.82. The van der Waals surface area contributed by atoms with E-state index in [1.165, 1.54) is 38.8 Å². The molecule has 0 spiro atoms. The van der Waals surface area contributed by atoms with Crippen LogP contribution in [0.2, 0.25) is 0 Å². The summed E-state index contributed by atoms with van der Waals surface area (Å²) in [6, 6.07) is 0.861. The summed E-state index contributed by atoms with van der Waals surface area (Å²) in [5, 5.41) is 0. The molecule has 78 valence electrons. The third-order valence-electron chi connectivity index (χ3n) is 3.04. The van der Waals surface area contributed by atoms with Crippen LogP contribution in [0.3, 0.4) is 0 Å². The molecule has 0 aromatic rings. The van der Waals surface area contributed by atoms with Gasteiger partial charge in [0, 0.05) is 6.04 Å². The fraction of sp³-hybridized carbons (Fsp3) is 1.00. The van der Waals surface area contributed by atoms with Crippen LogP contribution in [0.15, 0.2) is 0 Å². The van der Waals surface area contributed by atoms with Gasteiger partial charge in [0.2, 0.25) is 0 Å². The Balaban J connectivity index is 2.23. The van der Waals surface area contributed by atoms with Crippen molar-refractivity contribution in [3.63, 3.8) is 0 Å². The standard InChI is InChI=1S/C11H23NS/c1-10(2)11-6-5-8-12(11)7-3-4-9-13/h10-11,13H,3-9H2,1-2H3. The van der Waals surface area contributed by atoms with Crippen LogP contribution in [-0.2, 0) is 0 Å². The van der Waals surface area contributed by atoms with Crippen molar-refractivity contribution < 1.29 is 0 Å². The average molecular weight is 201 g/mol. The quantitative estimate of drug-likeness (QED) is 0.529. The Morgan fingerprint density at radius 1 is 1.38 bits per heavy atom. The van der Waals surface area contributed by atoms with Gasteiger partial charge in [-0.05, 0) is 50.4 Å². The molecule has 0 amide bonds. The largest absolute Gasteiger partial charge is 0.300 e. The number of rotatable bonds is 5. The minimum absolute atomic E-state index is 0.832. The van der Waals surface area contributed by atoms with E-state index < -0.39 is 0 Å². The second-order valence-corrected chi connectivity index (χ2v) is 4.87. The van der Waals surface area contributed by atoms with Gasteiger partial charge >= 0.3 is 0 Å². The van der Waals surface area contributed by atoms with Crippen LogP contribution < -0.4 is 0 Å². The molecule has 0 saturated carbocycles. The van der Waals surface area contributed by atoms with Crippen molar-refractivity contribution in [1.29, 1.82) is 0 Å². The van der Waals surface area contributed by atoms with Crippen molar-refractivity contribution in [2.45, 2.75) is 45.6 Å². The molecule has 0 aliphatic carbocycles. The molecule has 1 aliphatic rings. The van der Waals surface area contributed by atoms with E-state index in [9.17, 15) is 0 Å². The average Bonchev–Trinajstić information content (AvgIpc) is 2.53. The van der Waals surface area contributed by atoms with Gasteiger partial charge in [-0.25, -0.2) is 0 Å². The number of hydrogen-bond acceptors (Lipinski definition) is 2.